The first-order valence-electron chi connectivity index (χ1n) is 10.8. The Hall–Kier alpha value is -2.65. The van der Waals surface area contributed by atoms with Gasteiger partial charge in [-0.05, 0) is 18.4 Å². The second-order valence-corrected chi connectivity index (χ2v) is 8.30. The van der Waals surface area contributed by atoms with Gasteiger partial charge in [-0.1, -0.05) is 30.3 Å². The van der Waals surface area contributed by atoms with Gasteiger partial charge in [0.15, 0.2) is 5.79 Å². The molecule has 0 bridgehead atoms. The van der Waals surface area contributed by atoms with Crippen molar-refractivity contribution >= 4 is 17.9 Å². The summed E-state index contributed by atoms with van der Waals surface area (Å²) in [5, 5.41) is 5.65. The minimum Gasteiger partial charge on any atom is -0.445 e. The third-order valence-electron chi connectivity index (χ3n) is 6.16. The van der Waals surface area contributed by atoms with Gasteiger partial charge in [0.05, 0.1) is 25.3 Å². The maximum atomic E-state index is 13.0. The van der Waals surface area contributed by atoms with Gasteiger partial charge in [-0.25, -0.2) is 4.79 Å². The van der Waals surface area contributed by atoms with E-state index in [4.69, 9.17) is 14.2 Å². The van der Waals surface area contributed by atoms with Crippen LogP contribution in [0.15, 0.2) is 30.3 Å². The zero-order valence-corrected chi connectivity index (χ0v) is 17.7. The molecule has 1 aromatic rings. The van der Waals surface area contributed by atoms with Gasteiger partial charge in [-0.2, -0.15) is 0 Å². The number of nitrogens with zero attached hydrogens (tertiary/aromatic N) is 1. The number of benzene rings is 1. The molecule has 3 amide bonds. The number of hydrogen-bond acceptors (Lipinski definition) is 6. The quantitative estimate of drug-likeness (QED) is 0.728. The number of nitrogens with one attached hydrogen (secondary N) is 2. The Labute approximate surface area is 181 Å². The number of carbonyl (C=O) groups excluding carboxylic acids is 3. The third kappa shape index (κ3) is 4.99. The molecule has 2 N–H and O–H groups in total. The molecule has 1 aromatic carbocycles. The number of ether oxygens (including phenoxy) is 3. The molecule has 9 nitrogen and oxygen atoms in total. The molecular weight excluding hydrogens is 402 g/mol. The summed E-state index contributed by atoms with van der Waals surface area (Å²) in [7, 11) is 0. The van der Waals surface area contributed by atoms with Crippen molar-refractivity contribution in [1.29, 1.82) is 0 Å². The number of amides is 3. The van der Waals surface area contributed by atoms with Crippen molar-refractivity contribution in [3.63, 3.8) is 0 Å². The van der Waals surface area contributed by atoms with Gasteiger partial charge in [-0.15, -0.1) is 0 Å². The highest BCUT2D eigenvalue weighted by Gasteiger charge is 2.49. The summed E-state index contributed by atoms with van der Waals surface area (Å²) in [6.07, 6.45) is 1.70. The first-order chi connectivity index (χ1) is 15.0. The number of alkyl carbamates (subject to hydrolysis) is 1. The summed E-state index contributed by atoms with van der Waals surface area (Å²) in [6.45, 7) is 3.20. The zero-order chi connectivity index (χ0) is 21.8. The van der Waals surface area contributed by atoms with Crippen LogP contribution in [-0.2, 0) is 30.4 Å². The minimum atomic E-state index is -0.675. The van der Waals surface area contributed by atoms with Crippen molar-refractivity contribution in [3.05, 3.63) is 35.9 Å². The number of likely N-dealkylation sites (tertiary alicyclic amines) is 1. The van der Waals surface area contributed by atoms with Crippen LogP contribution < -0.4 is 10.6 Å². The number of carbonyl (C=O) groups is 3. The lowest BCUT2D eigenvalue weighted by Crippen LogP contribution is -2.59. The van der Waals surface area contributed by atoms with E-state index in [1.165, 1.54) is 6.92 Å². The maximum Gasteiger partial charge on any atom is 0.408 e. The summed E-state index contributed by atoms with van der Waals surface area (Å²) in [5.74, 6) is -0.984. The van der Waals surface area contributed by atoms with E-state index in [2.05, 4.69) is 10.6 Å². The second-order valence-electron chi connectivity index (χ2n) is 8.30. The Morgan fingerprint density at radius 1 is 1.16 bits per heavy atom. The van der Waals surface area contributed by atoms with E-state index >= 15 is 0 Å². The van der Waals surface area contributed by atoms with Gasteiger partial charge < -0.3 is 29.7 Å². The van der Waals surface area contributed by atoms with Gasteiger partial charge >= 0.3 is 6.09 Å². The Kier molecular flexibility index (Phi) is 6.43. The summed E-state index contributed by atoms with van der Waals surface area (Å²) in [5.41, 5.74) is 0.877. The maximum absolute atomic E-state index is 13.0. The van der Waals surface area contributed by atoms with E-state index in [0.29, 0.717) is 45.4 Å². The fourth-order valence-corrected chi connectivity index (χ4v) is 4.75. The predicted molar refractivity (Wildman–Crippen MR) is 110 cm³/mol. The van der Waals surface area contributed by atoms with Gasteiger partial charge in [0, 0.05) is 26.3 Å². The second kappa shape index (κ2) is 9.23. The lowest BCUT2D eigenvalue weighted by Gasteiger charge is -2.44. The van der Waals surface area contributed by atoms with E-state index in [1.54, 1.807) is 4.90 Å². The normalized spacial score (nSPS) is 27.3. The molecule has 3 fully saturated rings. The molecule has 31 heavy (non-hydrogen) atoms. The molecule has 0 aromatic heterocycles. The average molecular weight is 431 g/mol. The first kappa shape index (κ1) is 21.6. The smallest absolute Gasteiger partial charge is 0.408 e. The summed E-state index contributed by atoms with van der Waals surface area (Å²) >= 11 is 0. The summed E-state index contributed by atoms with van der Waals surface area (Å²) < 4.78 is 16.9. The molecule has 4 rings (SSSR count). The van der Waals surface area contributed by atoms with E-state index in [1.807, 2.05) is 30.3 Å². The molecule has 1 spiro atoms. The Morgan fingerprint density at radius 3 is 2.61 bits per heavy atom. The fourth-order valence-electron chi connectivity index (χ4n) is 4.75. The molecule has 1 aliphatic carbocycles. The Morgan fingerprint density at radius 2 is 1.90 bits per heavy atom. The zero-order valence-electron chi connectivity index (χ0n) is 17.7. The van der Waals surface area contributed by atoms with Gasteiger partial charge in [0.1, 0.15) is 12.6 Å². The van der Waals surface area contributed by atoms with Crippen LogP contribution in [0.4, 0.5) is 4.79 Å². The van der Waals surface area contributed by atoms with Crippen LogP contribution in [0.5, 0.6) is 0 Å². The standard InChI is InChI=1S/C22H29N3O6/c1-15(26)23-18-13-22(30-11-12-31-22)9-7-19(18)25-10-8-17(20(25)27)24-21(28)29-14-16-5-3-2-4-6-16/h2-6,17-19H,7-14H2,1H3,(H,23,26)(H,24,28)/t17-,18+,19-/m0/s1. The van der Waals surface area contributed by atoms with Crippen LogP contribution in [0.3, 0.4) is 0 Å². The molecular formula is C22H29N3O6. The molecule has 0 unspecified atom stereocenters. The highest BCUT2D eigenvalue weighted by Crippen LogP contribution is 2.38. The first-order valence-corrected chi connectivity index (χ1v) is 10.8. The van der Waals surface area contributed by atoms with Crippen LogP contribution >= 0.6 is 0 Å². The van der Waals surface area contributed by atoms with Crippen LogP contribution in [0.2, 0.25) is 0 Å². The van der Waals surface area contributed by atoms with Crippen molar-refractivity contribution in [3.8, 4) is 0 Å². The average Bonchev–Trinajstić information content (AvgIpc) is 3.34. The SMILES string of the molecule is CC(=O)N[C@@H]1CC2(CC[C@@H]1N1CC[C@H](NC(=O)OCc3ccccc3)C1=O)OCCO2. The van der Waals surface area contributed by atoms with Crippen LogP contribution in [0.1, 0.15) is 38.2 Å². The fraction of sp³-hybridized carbons (Fsp3) is 0.591. The van der Waals surface area contributed by atoms with Crippen molar-refractivity contribution in [2.45, 2.75) is 63.1 Å². The molecule has 168 valence electrons. The van der Waals surface area contributed by atoms with E-state index in [9.17, 15) is 14.4 Å². The third-order valence-corrected chi connectivity index (χ3v) is 6.16. The van der Waals surface area contributed by atoms with Crippen molar-refractivity contribution < 1.29 is 28.6 Å². The highest BCUT2D eigenvalue weighted by atomic mass is 16.7. The van der Waals surface area contributed by atoms with Gasteiger partial charge in [0.25, 0.3) is 0 Å². The molecule has 3 atom stereocenters. The number of hydrogen-bond donors (Lipinski definition) is 2. The lowest BCUT2D eigenvalue weighted by atomic mass is 9.84. The predicted octanol–water partition coefficient (Wildman–Crippen LogP) is 1.31. The van der Waals surface area contributed by atoms with E-state index in [0.717, 1.165) is 5.56 Å². The molecule has 0 radical (unpaired) electrons. The van der Waals surface area contributed by atoms with Crippen LogP contribution in [0.25, 0.3) is 0 Å². The Balaban J connectivity index is 1.34. The molecule has 3 aliphatic rings. The monoisotopic (exact) mass is 431 g/mol. The van der Waals surface area contributed by atoms with Crippen molar-refractivity contribution in [2.75, 3.05) is 19.8 Å². The molecule has 1 saturated carbocycles. The van der Waals surface area contributed by atoms with E-state index in [-0.39, 0.29) is 30.5 Å². The van der Waals surface area contributed by atoms with Crippen molar-refractivity contribution in [1.82, 2.24) is 15.5 Å². The van der Waals surface area contributed by atoms with Gasteiger partial charge in [-0.3, -0.25) is 9.59 Å². The molecule has 9 heteroatoms. The molecule has 2 heterocycles. The largest absolute Gasteiger partial charge is 0.445 e. The minimum absolute atomic E-state index is 0.145. The summed E-state index contributed by atoms with van der Waals surface area (Å²) in [4.78, 5) is 38.8. The Bertz CT molecular complexity index is 811. The van der Waals surface area contributed by atoms with Gasteiger partial charge in [0.2, 0.25) is 11.8 Å². The molecule has 2 aliphatic heterocycles. The molecule has 2 saturated heterocycles. The topological polar surface area (TPSA) is 106 Å². The lowest BCUT2D eigenvalue weighted by molar-refractivity contribution is -0.191. The van der Waals surface area contributed by atoms with Crippen LogP contribution in [0, 0.1) is 0 Å². The van der Waals surface area contributed by atoms with E-state index < -0.39 is 17.9 Å². The van der Waals surface area contributed by atoms with Crippen molar-refractivity contribution in [2.24, 2.45) is 0 Å². The summed E-state index contributed by atoms with van der Waals surface area (Å²) in [6, 6.07) is 8.31. The van der Waals surface area contributed by atoms with Crippen LogP contribution in [-0.4, -0.2) is 66.5 Å². The highest BCUT2D eigenvalue weighted by molar-refractivity contribution is 5.88. The number of rotatable bonds is 5.